The third-order valence-electron chi connectivity index (χ3n) is 3.98. The summed E-state index contributed by atoms with van der Waals surface area (Å²) in [4.78, 5) is 37.8. The first kappa shape index (κ1) is 19.3. The van der Waals surface area contributed by atoms with Crippen molar-refractivity contribution in [2.24, 2.45) is 0 Å². The van der Waals surface area contributed by atoms with Crippen LogP contribution >= 0.6 is 11.8 Å². The fourth-order valence-electron chi connectivity index (χ4n) is 2.72. The van der Waals surface area contributed by atoms with Crippen LogP contribution in [-0.4, -0.2) is 41.5 Å². The molecule has 1 aliphatic rings. The molecule has 0 bridgehead atoms. The van der Waals surface area contributed by atoms with Crippen LogP contribution in [0, 0.1) is 0 Å². The number of carboxylic acid groups (broad SMARTS) is 1. The lowest BCUT2D eigenvalue weighted by Gasteiger charge is -2.13. The molecule has 1 fully saturated rings. The molecule has 0 atom stereocenters. The molecule has 3 rings (SSSR count). The largest absolute Gasteiger partial charge is 0.508 e. The molecule has 0 aliphatic carbocycles. The lowest BCUT2D eigenvalue weighted by atomic mass is 10.0. The van der Waals surface area contributed by atoms with E-state index in [2.05, 4.69) is 0 Å². The predicted octanol–water partition coefficient (Wildman–Crippen LogP) is 3.35. The summed E-state index contributed by atoms with van der Waals surface area (Å²) in [5, 5.41) is 18.4. The Morgan fingerprint density at radius 2 is 1.75 bits per heavy atom. The van der Waals surface area contributed by atoms with E-state index in [4.69, 9.17) is 9.47 Å². The summed E-state index contributed by atoms with van der Waals surface area (Å²) >= 11 is 0.691. The number of hydrogen-bond donors (Lipinski definition) is 2. The Kier molecular flexibility index (Phi) is 5.27. The predicted molar refractivity (Wildman–Crippen MR) is 103 cm³/mol. The van der Waals surface area contributed by atoms with Crippen LogP contribution in [0.2, 0.25) is 0 Å². The Hall–Kier alpha value is -3.46. The van der Waals surface area contributed by atoms with Gasteiger partial charge in [0.15, 0.2) is 11.5 Å². The van der Waals surface area contributed by atoms with Gasteiger partial charge in [0.2, 0.25) is 0 Å². The van der Waals surface area contributed by atoms with Crippen molar-refractivity contribution in [3.8, 4) is 17.2 Å². The van der Waals surface area contributed by atoms with Gasteiger partial charge in [0.05, 0.1) is 24.8 Å². The molecular formula is C19H15NO7S. The van der Waals surface area contributed by atoms with E-state index in [9.17, 15) is 24.6 Å². The number of benzene rings is 2. The summed E-state index contributed by atoms with van der Waals surface area (Å²) in [5.74, 6) is -1.61. The van der Waals surface area contributed by atoms with E-state index in [0.717, 1.165) is 4.90 Å². The van der Waals surface area contributed by atoms with Gasteiger partial charge in [-0.2, -0.15) is 0 Å². The van der Waals surface area contributed by atoms with Gasteiger partial charge in [-0.05, 0) is 53.7 Å². The molecule has 9 heteroatoms. The molecular weight excluding hydrogens is 386 g/mol. The third-order valence-corrected chi connectivity index (χ3v) is 4.85. The molecule has 1 saturated heterocycles. The Labute approximate surface area is 164 Å². The Morgan fingerprint density at radius 3 is 2.32 bits per heavy atom. The van der Waals surface area contributed by atoms with E-state index >= 15 is 0 Å². The first-order chi connectivity index (χ1) is 13.4. The summed E-state index contributed by atoms with van der Waals surface area (Å²) in [6.45, 7) is 0. The second-order valence-electron chi connectivity index (χ2n) is 5.60. The molecule has 0 spiro atoms. The lowest BCUT2D eigenvalue weighted by Crippen LogP contribution is -2.27. The van der Waals surface area contributed by atoms with E-state index in [1.54, 1.807) is 0 Å². The molecule has 8 nitrogen and oxygen atoms in total. The van der Waals surface area contributed by atoms with E-state index in [-0.39, 0.29) is 33.3 Å². The van der Waals surface area contributed by atoms with Gasteiger partial charge in [0, 0.05) is 0 Å². The first-order valence-corrected chi connectivity index (χ1v) is 8.74. The highest BCUT2D eigenvalue weighted by atomic mass is 32.2. The van der Waals surface area contributed by atoms with Crippen LogP contribution in [0.25, 0.3) is 6.08 Å². The second kappa shape index (κ2) is 7.65. The fraction of sp³-hybridized carbons (Fsp3) is 0.105. The number of aromatic hydroxyl groups is 1. The summed E-state index contributed by atoms with van der Waals surface area (Å²) in [6.07, 6.45) is 1.33. The number of phenolic OH excluding ortho intramolecular Hbond substituents is 1. The quantitative estimate of drug-likeness (QED) is 0.734. The first-order valence-electron chi connectivity index (χ1n) is 7.92. The topological polar surface area (TPSA) is 113 Å². The number of nitrogens with zero attached hydrogens (tertiary/aromatic N) is 1. The van der Waals surface area contributed by atoms with Crippen molar-refractivity contribution in [2.45, 2.75) is 0 Å². The number of methoxy groups -OCH3 is 2. The fourth-order valence-corrected chi connectivity index (χ4v) is 3.55. The molecule has 2 amide bonds. The number of aromatic carboxylic acids is 1. The zero-order valence-corrected chi connectivity index (χ0v) is 15.6. The average molecular weight is 401 g/mol. The maximum Gasteiger partial charge on any atom is 0.340 e. The van der Waals surface area contributed by atoms with Gasteiger partial charge in [0.25, 0.3) is 11.1 Å². The van der Waals surface area contributed by atoms with Crippen LogP contribution < -0.4 is 14.4 Å². The standard InChI is InChI=1S/C19H15NO7S/c1-26-13-8-3-10(15(18(23)24)16(13)27-2)9-14-17(22)20(19(25)28-14)11-4-6-12(21)7-5-11/h3-9,21H,1-2H3,(H,23,24)/b14-9+. The average Bonchev–Trinajstić information content (AvgIpc) is 2.95. The van der Waals surface area contributed by atoms with E-state index in [0.29, 0.717) is 17.4 Å². The van der Waals surface area contributed by atoms with Crippen molar-refractivity contribution < 1.29 is 34.1 Å². The normalized spacial score (nSPS) is 15.2. The number of carbonyl (C=O) groups is 3. The number of anilines is 1. The van der Waals surface area contributed by atoms with Gasteiger partial charge >= 0.3 is 5.97 Å². The highest BCUT2D eigenvalue weighted by molar-refractivity contribution is 8.19. The summed E-state index contributed by atoms with van der Waals surface area (Å²) in [7, 11) is 2.69. The van der Waals surface area contributed by atoms with Crippen LogP contribution in [0.15, 0.2) is 41.3 Å². The molecule has 0 unspecified atom stereocenters. The Bertz CT molecular complexity index is 998. The SMILES string of the molecule is COc1ccc(/C=C2/SC(=O)N(c3ccc(O)cc3)C2=O)c(C(=O)O)c1OC. The number of carboxylic acids is 1. The van der Waals surface area contributed by atoms with Crippen LogP contribution in [0.1, 0.15) is 15.9 Å². The van der Waals surface area contributed by atoms with Crippen molar-refractivity contribution in [1.82, 2.24) is 0 Å². The minimum absolute atomic E-state index is 0.00249. The molecule has 28 heavy (non-hydrogen) atoms. The Morgan fingerprint density at radius 1 is 1.07 bits per heavy atom. The summed E-state index contributed by atoms with van der Waals surface area (Å²) in [6, 6.07) is 8.58. The van der Waals surface area contributed by atoms with Crippen molar-refractivity contribution in [1.29, 1.82) is 0 Å². The number of ether oxygens (including phenoxy) is 2. The van der Waals surface area contributed by atoms with Gasteiger partial charge in [-0.25, -0.2) is 9.69 Å². The molecule has 1 aliphatic heterocycles. The van der Waals surface area contributed by atoms with Gasteiger partial charge in [0.1, 0.15) is 11.3 Å². The number of carbonyl (C=O) groups excluding carboxylic acids is 2. The Balaban J connectivity index is 2.05. The maximum absolute atomic E-state index is 12.7. The van der Waals surface area contributed by atoms with Gasteiger partial charge in [-0.1, -0.05) is 6.07 Å². The molecule has 2 aromatic rings. The molecule has 0 saturated carbocycles. The molecule has 1 heterocycles. The van der Waals surface area contributed by atoms with E-state index in [1.165, 1.54) is 56.7 Å². The number of imide groups is 1. The smallest absolute Gasteiger partial charge is 0.340 e. The van der Waals surface area contributed by atoms with Crippen LogP contribution in [0.5, 0.6) is 17.2 Å². The monoisotopic (exact) mass is 401 g/mol. The third kappa shape index (κ3) is 3.39. The zero-order chi connectivity index (χ0) is 20.4. The summed E-state index contributed by atoms with van der Waals surface area (Å²) in [5.41, 5.74) is 0.314. The van der Waals surface area contributed by atoms with Crippen molar-refractivity contribution in [3.63, 3.8) is 0 Å². The molecule has 2 N–H and O–H groups in total. The minimum Gasteiger partial charge on any atom is -0.508 e. The lowest BCUT2D eigenvalue weighted by molar-refractivity contribution is -0.113. The van der Waals surface area contributed by atoms with Crippen LogP contribution in [0.3, 0.4) is 0 Å². The highest BCUT2D eigenvalue weighted by Gasteiger charge is 2.36. The molecule has 0 aromatic heterocycles. The minimum atomic E-state index is -1.26. The number of thioether (sulfide) groups is 1. The van der Waals surface area contributed by atoms with E-state index in [1.807, 2.05) is 0 Å². The maximum atomic E-state index is 12.7. The molecule has 0 radical (unpaired) electrons. The van der Waals surface area contributed by atoms with Crippen molar-refractivity contribution in [2.75, 3.05) is 19.1 Å². The highest BCUT2D eigenvalue weighted by Crippen LogP contribution is 2.39. The number of amides is 2. The van der Waals surface area contributed by atoms with Gasteiger partial charge < -0.3 is 19.7 Å². The number of hydrogen-bond acceptors (Lipinski definition) is 7. The number of rotatable bonds is 5. The molecule has 144 valence electrons. The van der Waals surface area contributed by atoms with E-state index < -0.39 is 17.1 Å². The second-order valence-corrected chi connectivity index (χ2v) is 6.60. The van der Waals surface area contributed by atoms with Gasteiger partial charge in [-0.3, -0.25) is 9.59 Å². The summed E-state index contributed by atoms with van der Waals surface area (Å²) < 4.78 is 10.3. The van der Waals surface area contributed by atoms with Crippen LogP contribution in [0.4, 0.5) is 10.5 Å². The zero-order valence-electron chi connectivity index (χ0n) is 14.8. The van der Waals surface area contributed by atoms with Gasteiger partial charge in [-0.15, -0.1) is 0 Å². The molecule has 2 aromatic carbocycles. The van der Waals surface area contributed by atoms with Crippen LogP contribution in [-0.2, 0) is 4.79 Å². The number of phenols is 1. The van der Waals surface area contributed by atoms with Crippen molar-refractivity contribution >= 4 is 40.6 Å². The van der Waals surface area contributed by atoms with Crippen molar-refractivity contribution in [3.05, 3.63) is 52.4 Å².